The lowest BCUT2D eigenvalue weighted by atomic mass is 10.1. The molecule has 4 N–H and O–H groups in total. The molecule has 158 valence electrons. The molecule has 1 amide bonds. The SMILES string of the molecule is COc1cc(/C=N\NC(=O)c2nnn(-c3nonc3N)c2C(C)C)cc(OC)c1O. The molecule has 30 heavy (non-hydrogen) atoms. The van der Waals surface area contributed by atoms with Gasteiger partial charge in [0.15, 0.2) is 17.2 Å². The molecule has 0 spiro atoms. The molecule has 3 aromatic rings. The number of rotatable bonds is 7. The minimum absolute atomic E-state index is 0.0157. The van der Waals surface area contributed by atoms with Crippen molar-refractivity contribution in [1.82, 2.24) is 30.7 Å². The van der Waals surface area contributed by atoms with Crippen LogP contribution in [0, 0.1) is 0 Å². The third kappa shape index (κ3) is 3.85. The molecule has 0 saturated heterocycles. The average Bonchev–Trinajstić information content (AvgIpc) is 3.34. The van der Waals surface area contributed by atoms with E-state index in [0.29, 0.717) is 11.3 Å². The first kappa shape index (κ1) is 20.6. The molecule has 0 aliphatic rings. The van der Waals surface area contributed by atoms with Crippen molar-refractivity contribution in [3.63, 3.8) is 0 Å². The van der Waals surface area contributed by atoms with Crippen LogP contribution < -0.4 is 20.6 Å². The Labute approximate surface area is 170 Å². The largest absolute Gasteiger partial charge is 0.502 e. The minimum atomic E-state index is -0.589. The Bertz CT molecular complexity index is 1060. The fourth-order valence-corrected chi connectivity index (χ4v) is 2.67. The first-order valence-corrected chi connectivity index (χ1v) is 8.69. The fraction of sp³-hybridized carbons (Fsp3) is 0.294. The van der Waals surface area contributed by atoms with E-state index in [1.54, 1.807) is 0 Å². The first-order chi connectivity index (χ1) is 14.4. The number of ether oxygens (including phenoxy) is 2. The number of nitrogen functional groups attached to an aromatic ring is 1. The normalized spacial score (nSPS) is 11.2. The first-order valence-electron chi connectivity index (χ1n) is 8.69. The number of carbonyl (C=O) groups excluding carboxylic acids is 1. The zero-order chi connectivity index (χ0) is 21.8. The molecule has 0 aliphatic heterocycles. The van der Waals surface area contributed by atoms with Gasteiger partial charge >= 0.3 is 0 Å². The highest BCUT2D eigenvalue weighted by molar-refractivity contribution is 5.94. The highest BCUT2D eigenvalue weighted by Gasteiger charge is 2.25. The van der Waals surface area contributed by atoms with Crippen LogP contribution in [-0.4, -0.2) is 56.8 Å². The summed E-state index contributed by atoms with van der Waals surface area (Å²) in [6, 6.07) is 3.06. The Morgan fingerprint density at radius 3 is 2.50 bits per heavy atom. The Hall–Kier alpha value is -4.16. The van der Waals surface area contributed by atoms with Crippen LogP contribution in [0.15, 0.2) is 21.9 Å². The van der Waals surface area contributed by atoms with Crippen LogP contribution in [0.2, 0.25) is 0 Å². The molecule has 0 aliphatic carbocycles. The molecule has 2 aromatic heterocycles. The van der Waals surface area contributed by atoms with Crippen molar-refractivity contribution in [2.24, 2.45) is 5.10 Å². The van der Waals surface area contributed by atoms with Crippen LogP contribution in [0.25, 0.3) is 5.82 Å². The summed E-state index contributed by atoms with van der Waals surface area (Å²) in [5.41, 5.74) is 9.12. The molecule has 0 unspecified atom stereocenters. The molecular weight excluding hydrogens is 396 g/mol. The Balaban J connectivity index is 1.84. The van der Waals surface area contributed by atoms with E-state index in [2.05, 4.69) is 35.8 Å². The maximum absolute atomic E-state index is 12.6. The van der Waals surface area contributed by atoms with E-state index >= 15 is 0 Å². The van der Waals surface area contributed by atoms with E-state index < -0.39 is 5.91 Å². The number of hydrogen-bond donors (Lipinski definition) is 3. The highest BCUT2D eigenvalue weighted by Crippen LogP contribution is 2.36. The van der Waals surface area contributed by atoms with Gasteiger partial charge in [0, 0.05) is 5.56 Å². The van der Waals surface area contributed by atoms with Crippen LogP contribution in [0.1, 0.15) is 41.5 Å². The Morgan fingerprint density at radius 2 is 1.97 bits per heavy atom. The van der Waals surface area contributed by atoms with Crippen molar-refractivity contribution >= 4 is 17.9 Å². The summed E-state index contributed by atoms with van der Waals surface area (Å²) in [4.78, 5) is 12.6. The van der Waals surface area contributed by atoms with Crippen LogP contribution in [0.4, 0.5) is 5.82 Å². The fourth-order valence-electron chi connectivity index (χ4n) is 2.67. The predicted octanol–water partition coefficient (Wildman–Crippen LogP) is 0.843. The molecular formula is C17H20N8O5. The van der Waals surface area contributed by atoms with Crippen LogP contribution in [-0.2, 0) is 0 Å². The quantitative estimate of drug-likeness (QED) is 0.369. The van der Waals surface area contributed by atoms with Gasteiger partial charge < -0.3 is 20.3 Å². The third-order valence-electron chi connectivity index (χ3n) is 4.04. The number of aromatic hydroxyl groups is 1. The minimum Gasteiger partial charge on any atom is -0.502 e. The number of carbonyl (C=O) groups is 1. The number of anilines is 1. The predicted molar refractivity (Wildman–Crippen MR) is 104 cm³/mol. The van der Waals surface area contributed by atoms with Gasteiger partial charge in [-0.25, -0.2) is 10.1 Å². The number of phenols is 1. The number of nitrogens with two attached hydrogens (primary N) is 1. The van der Waals surface area contributed by atoms with Crippen molar-refractivity contribution in [3.8, 4) is 23.1 Å². The number of aromatic nitrogens is 5. The molecule has 0 atom stereocenters. The van der Waals surface area contributed by atoms with E-state index in [1.165, 1.54) is 37.2 Å². The van der Waals surface area contributed by atoms with Gasteiger partial charge in [0.2, 0.25) is 17.4 Å². The number of phenolic OH excluding ortho intramolecular Hbond substituents is 1. The lowest BCUT2D eigenvalue weighted by Crippen LogP contribution is -2.21. The van der Waals surface area contributed by atoms with Gasteiger partial charge in [0.05, 0.1) is 26.1 Å². The van der Waals surface area contributed by atoms with Crippen molar-refractivity contribution in [2.45, 2.75) is 19.8 Å². The third-order valence-corrected chi connectivity index (χ3v) is 4.04. The van der Waals surface area contributed by atoms with E-state index in [4.69, 9.17) is 15.2 Å². The maximum atomic E-state index is 12.6. The van der Waals surface area contributed by atoms with Gasteiger partial charge in [-0.1, -0.05) is 19.1 Å². The average molecular weight is 416 g/mol. The Morgan fingerprint density at radius 1 is 1.30 bits per heavy atom. The number of hydrogen-bond acceptors (Lipinski definition) is 11. The summed E-state index contributed by atoms with van der Waals surface area (Å²) >= 11 is 0. The summed E-state index contributed by atoms with van der Waals surface area (Å²) in [6.45, 7) is 3.71. The van der Waals surface area contributed by atoms with Gasteiger partial charge in [-0.2, -0.15) is 9.78 Å². The lowest BCUT2D eigenvalue weighted by molar-refractivity contribution is 0.0948. The number of hydrazone groups is 1. The van der Waals surface area contributed by atoms with Crippen LogP contribution >= 0.6 is 0 Å². The number of benzene rings is 1. The van der Waals surface area contributed by atoms with E-state index in [-0.39, 0.29) is 40.5 Å². The molecule has 0 radical (unpaired) electrons. The lowest BCUT2D eigenvalue weighted by Gasteiger charge is -2.09. The molecule has 13 heteroatoms. The second kappa shape index (κ2) is 8.46. The summed E-state index contributed by atoms with van der Waals surface area (Å²) in [6.07, 6.45) is 1.36. The second-order valence-electron chi connectivity index (χ2n) is 6.34. The summed E-state index contributed by atoms with van der Waals surface area (Å²) in [5.74, 6) is -0.322. The summed E-state index contributed by atoms with van der Waals surface area (Å²) in [5, 5.41) is 28.9. The molecule has 1 aromatic carbocycles. The molecule has 0 fully saturated rings. The molecule has 0 saturated carbocycles. The van der Waals surface area contributed by atoms with Crippen molar-refractivity contribution in [3.05, 3.63) is 29.1 Å². The van der Waals surface area contributed by atoms with E-state index in [9.17, 15) is 9.90 Å². The number of methoxy groups -OCH3 is 2. The maximum Gasteiger partial charge on any atom is 0.293 e. The van der Waals surface area contributed by atoms with Gasteiger partial charge in [-0.15, -0.1) is 5.10 Å². The van der Waals surface area contributed by atoms with Crippen LogP contribution in [0.5, 0.6) is 17.2 Å². The monoisotopic (exact) mass is 416 g/mol. The van der Waals surface area contributed by atoms with Crippen molar-refractivity contribution in [1.29, 1.82) is 0 Å². The molecule has 2 heterocycles. The highest BCUT2D eigenvalue weighted by atomic mass is 16.6. The summed E-state index contributed by atoms with van der Waals surface area (Å²) in [7, 11) is 2.82. The van der Waals surface area contributed by atoms with Crippen LogP contribution in [0.3, 0.4) is 0 Å². The van der Waals surface area contributed by atoms with E-state index in [0.717, 1.165) is 0 Å². The smallest absolute Gasteiger partial charge is 0.293 e. The zero-order valence-corrected chi connectivity index (χ0v) is 16.7. The molecule has 3 rings (SSSR count). The Kier molecular flexibility index (Phi) is 5.80. The topological polar surface area (TPSA) is 176 Å². The standard InChI is InChI=1S/C17H20N8O5/c1-8(2)13-12(20-24-25(13)16-15(18)22-30-23-16)17(27)21-19-7-9-5-10(28-3)14(26)11(6-9)29-4/h5-8,26H,1-4H3,(H2,18,22)(H,21,27)/b19-7-. The molecule has 0 bridgehead atoms. The van der Waals surface area contributed by atoms with Gasteiger partial charge in [0.1, 0.15) is 0 Å². The second-order valence-corrected chi connectivity index (χ2v) is 6.34. The van der Waals surface area contributed by atoms with Crippen molar-refractivity contribution < 1.29 is 24.0 Å². The van der Waals surface area contributed by atoms with Gasteiger partial charge in [0.25, 0.3) is 5.91 Å². The number of amides is 1. The zero-order valence-electron chi connectivity index (χ0n) is 16.7. The number of nitrogens with one attached hydrogen (secondary N) is 1. The summed E-state index contributed by atoms with van der Waals surface area (Å²) < 4.78 is 16.1. The molecule has 13 nitrogen and oxygen atoms in total. The van der Waals surface area contributed by atoms with Gasteiger partial charge in [-0.05, 0) is 28.4 Å². The van der Waals surface area contributed by atoms with Gasteiger partial charge in [-0.3, -0.25) is 4.79 Å². The number of nitrogens with zero attached hydrogens (tertiary/aromatic N) is 6. The van der Waals surface area contributed by atoms with E-state index in [1.807, 2.05) is 13.8 Å². The van der Waals surface area contributed by atoms with Crippen molar-refractivity contribution in [2.75, 3.05) is 20.0 Å².